The molecule has 3 aromatic rings. The Labute approximate surface area is 242 Å². The van der Waals surface area contributed by atoms with Crippen molar-refractivity contribution in [2.45, 2.75) is 57.5 Å². The van der Waals surface area contributed by atoms with E-state index >= 15 is 0 Å². The Balaban J connectivity index is 1.33. The van der Waals surface area contributed by atoms with Gasteiger partial charge in [0.15, 0.2) is 0 Å². The lowest BCUT2D eigenvalue weighted by Gasteiger charge is -2.36. The number of carbonyl (C=O) groups is 2. The maximum atomic E-state index is 13.9. The molecule has 210 valence electrons. The van der Waals surface area contributed by atoms with Crippen molar-refractivity contribution in [3.63, 3.8) is 0 Å². The Morgan fingerprint density at radius 1 is 1.02 bits per heavy atom. The van der Waals surface area contributed by atoms with Gasteiger partial charge >= 0.3 is 5.97 Å². The minimum absolute atomic E-state index is 0.00771. The van der Waals surface area contributed by atoms with Crippen LogP contribution >= 0.6 is 0 Å². The molecule has 0 radical (unpaired) electrons. The lowest BCUT2D eigenvalue weighted by Crippen LogP contribution is -2.40. The highest BCUT2D eigenvalue weighted by Gasteiger charge is 2.39. The number of benzene rings is 3. The quantitative estimate of drug-likeness (QED) is 0.227. The molecule has 3 aromatic carbocycles. The van der Waals surface area contributed by atoms with Crippen LogP contribution in [0.2, 0.25) is 0 Å². The molecule has 2 fully saturated rings. The molecular weight excluding hydrogens is 510 g/mol. The third-order valence-corrected chi connectivity index (χ3v) is 8.10. The number of nitriles is 1. The van der Waals surface area contributed by atoms with Crippen molar-refractivity contribution in [1.82, 2.24) is 0 Å². The first-order chi connectivity index (χ1) is 19.8. The highest BCUT2D eigenvalue weighted by molar-refractivity contribution is 5.96. The standard InChI is InChI=1S/C35H37N3O3/c1-38(2)30-13-11-27(12-14-30)32-17-9-26(21-28(32)24-36)23-35(19-4-3-5-20-35)34(40)37-29-8-6-7-25(22-29)10-18-33(39)41-31-15-16-31/h6-14,17-18,21-22,31H,3-5,15-16,19-20,23H2,1-2H3,(H,37,40)/b18-10+. The molecule has 0 atom stereocenters. The zero-order valence-electron chi connectivity index (χ0n) is 23.9. The van der Waals surface area contributed by atoms with Crippen molar-refractivity contribution < 1.29 is 14.3 Å². The van der Waals surface area contributed by atoms with Gasteiger partial charge in [-0.15, -0.1) is 0 Å². The number of rotatable bonds is 9. The number of hydrogen-bond acceptors (Lipinski definition) is 5. The smallest absolute Gasteiger partial charge is 0.331 e. The Kier molecular flexibility index (Phi) is 8.54. The van der Waals surface area contributed by atoms with Crippen molar-refractivity contribution in [3.05, 3.63) is 89.5 Å². The van der Waals surface area contributed by atoms with Crippen LogP contribution in [0.4, 0.5) is 11.4 Å². The topological polar surface area (TPSA) is 82.4 Å². The second-order valence-corrected chi connectivity index (χ2v) is 11.5. The molecule has 1 amide bonds. The summed E-state index contributed by atoms with van der Waals surface area (Å²) in [6.45, 7) is 0. The second-order valence-electron chi connectivity index (χ2n) is 11.5. The zero-order valence-corrected chi connectivity index (χ0v) is 23.9. The first kappa shape index (κ1) is 28.2. The molecule has 2 aliphatic rings. The lowest BCUT2D eigenvalue weighted by atomic mass is 9.69. The maximum absolute atomic E-state index is 13.9. The first-order valence-electron chi connectivity index (χ1n) is 14.5. The predicted octanol–water partition coefficient (Wildman–Crippen LogP) is 7.14. The molecule has 41 heavy (non-hydrogen) atoms. The number of esters is 1. The van der Waals surface area contributed by atoms with Crippen LogP contribution in [-0.4, -0.2) is 32.1 Å². The molecule has 0 aromatic heterocycles. The van der Waals surface area contributed by atoms with Gasteiger partial charge in [-0.1, -0.05) is 55.7 Å². The predicted molar refractivity (Wildman–Crippen MR) is 163 cm³/mol. The third-order valence-electron chi connectivity index (χ3n) is 8.10. The molecule has 5 rings (SSSR count). The van der Waals surface area contributed by atoms with Crippen molar-refractivity contribution >= 4 is 29.3 Å². The van der Waals surface area contributed by atoms with Gasteiger partial charge in [0.05, 0.1) is 17.0 Å². The summed E-state index contributed by atoms with van der Waals surface area (Å²) in [6, 6.07) is 24.1. The maximum Gasteiger partial charge on any atom is 0.331 e. The van der Waals surface area contributed by atoms with E-state index in [1.165, 1.54) is 6.08 Å². The Morgan fingerprint density at radius 2 is 1.78 bits per heavy atom. The molecule has 0 saturated heterocycles. The average Bonchev–Trinajstić information content (AvgIpc) is 3.80. The Bertz CT molecular complexity index is 1470. The van der Waals surface area contributed by atoms with Gasteiger partial charge in [0.2, 0.25) is 5.91 Å². The average molecular weight is 548 g/mol. The van der Waals surface area contributed by atoms with E-state index in [0.29, 0.717) is 17.7 Å². The van der Waals surface area contributed by atoms with E-state index in [1.807, 2.05) is 67.5 Å². The van der Waals surface area contributed by atoms with Crippen LogP contribution in [0.3, 0.4) is 0 Å². The van der Waals surface area contributed by atoms with Gasteiger partial charge in [-0.25, -0.2) is 4.79 Å². The van der Waals surface area contributed by atoms with Gasteiger partial charge in [-0.3, -0.25) is 4.79 Å². The van der Waals surface area contributed by atoms with Crippen molar-refractivity contribution in [1.29, 1.82) is 5.26 Å². The molecule has 6 heteroatoms. The summed E-state index contributed by atoms with van der Waals surface area (Å²) in [5.74, 6) is -0.329. The molecule has 0 aliphatic heterocycles. The van der Waals surface area contributed by atoms with Crippen LogP contribution in [0.15, 0.2) is 72.8 Å². The normalized spacial score (nSPS) is 16.1. The van der Waals surface area contributed by atoms with Crippen LogP contribution < -0.4 is 10.2 Å². The summed E-state index contributed by atoms with van der Waals surface area (Å²) in [4.78, 5) is 27.8. The monoisotopic (exact) mass is 547 g/mol. The lowest BCUT2D eigenvalue weighted by molar-refractivity contribution is -0.138. The summed E-state index contributed by atoms with van der Waals surface area (Å²) in [6.07, 6.45) is 10.4. The van der Waals surface area contributed by atoms with E-state index in [0.717, 1.165) is 72.9 Å². The van der Waals surface area contributed by atoms with Gasteiger partial charge in [0.25, 0.3) is 0 Å². The van der Waals surface area contributed by atoms with Gasteiger partial charge in [-0.2, -0.15) is 5.26 Å². The number of ether oxygens (including phenoxy) is 1. The van der Waals surface area contributed by atoms with Crippen LogP contribution in [0.5, 0.6) is 0 Å². The number of nitrogens with zero attached hydrogens (tertiary/aromatic N) is 2. The molecule has 0 spiro atoms. The highest BCUT2D eigenvalue weighted by Crippen LogP contribution is 2.41. The fourth-order valence-electron chi connectivity index (χ4n) is 5.63. The van der Waals surface area contributed by atoms with Crippen molar-refractivity contribution in [2.75, 3.05) is 24.3 Å². The molecule has 2 saturated carbocycles. The van der Waals surface area contributed by atoms with Crippen molar-refractivity contribution in [2.24, 2.45) is 5.41 Å². The number of anilines is 2. The van der Waals surface area contributed by atoms with Crippen molar-refractivity contribution in [3.8, 4) is 17.2 Å². The minimum atomic E-state index is -0.542. The van der Waals surface area contributed by atoms with E-state index in [2.05, 4.69) is 29.6 Å². The molecule has 0 bridgehead atoms. The fraction of sp³-hybridized carbons (Fsp3) is 0.343. The van der Waals surface area contributed by atoms with E-state index in [9.17, 15) is 14.9 Å². The fourth-order valence-corrected chi connectivity index (χ4v) is 5.63. The van der Waals surface area contributed by atoms with Gasteiger partial charge in [-0.05, 0) is 90.8 Å². The highest BCUT2D eigenvalue weighted by atomic mass is 16.5. The first-order valence-corrected chi connectivity index (χ1v) is 14.5. The summed E-state index contributed by atoms with van der Waals surface area (Å²) in [7, 11) is 4.01. The SMILES string of the molecule is CN(C)c1ccc(-c2ccc(CC3(C(=O)Nc4cccc(/C=C/C(=O)OC5CC5)c4)CCCCC3)cc2C#N)cc1. The van der Waals surface area contributed by atoms with E-state index in [4.69, 9.17) is 4.74 Å². The van der Waals surface area contributed by atoms with Crippen LogP contribution in [0.25, 0.3) is 17.2 Å². The van der Waals surface area contributed by atoms with Crippen LogP contribution in [0.1, 0.15) is 61.6 Å². The van der Waals surface area contributed by atoms with E-state index in [-0.39, 0.29) is 18.0 Å². The molecule has 2 aliphatic carbocycles. The van der Waals surface area contributed by atoms with E-state index < -0.39 is 5.41 Å². The summed E-state index contributed by atoms with van der Waals surface area (Å²) in [5, 5.41) is 13.2. The largest absolute Gasteiger partial charge is 0.459 e. The van der Waals surface area contributed by atoms with Gasteiger partial charge in [0.1, 0.15) is 6.10 Å². The number of carbonyl (C=O) groups excluding carboxylic acids is 2. The molecule has 6 nitrogen and oxygen atoms in total. The van der Waals surface area contributed by atoms with Crippen LogP contribution in [-0.2, 0) is 20.7 Å². The van der Waals surface area contributed by atoms with Gasteiger partial charge in [0, 0.05) is 31.5 Å². The minimum Gasteiger partial charge on any atom is -0.459 e. The third kappa shape index (κ3) is 7.05. The molecular formula is C35H37N3O3. The molecule has 0 heterocycles. The summed E-state index contributed by atoms with van der Waals surface area (Å²) >= 11 is 0. The number of hydrogen-bond donors (Lipinski definition) is 1. The number of nitrogens with one attached hydrogen (secondary N) is 1. The summed E-state index contributed by atoms with van der Waals surface area (Å²) < 4.78 is 5.27. The second kappa shape index (κ2) is 12.4. The van der Waals surface area contributed by atoms with Crippen LogP contribution in [0, 0.1) is 16.7 Å². The van der Waals surface area contributed by atoms with Gasteiger partial charge < -0.3 is 15.0 Å². The number of amides is 1. The molecule has 0 unspecified atom stereocenters. The van der Waals surface area contributed by atoms with E-state index in [1.54, 1.807) is 6.08 Å². The zero-order chi connectivity index (χ0) is 28.8. The Hall–Kier alpha value is -4.37. The Morgan fingerprint density at radius 3 is 2.46 bits per heavy atom. The summed E-state index contributed by atoms with van der Waals surface area (Å²) in [5.41, 5.74) is 5.59. The molecule has 1 N–H and O–H groups in total.